The number of nitrogens with zero attached hydrogens (tertiary/aromatic N) is 2. The van der Waals surface area contributed by atoms with E-state index in [0.717, 1.165) is 47.6 Å². The van der Waals surface area contributed by atoms with E-state index in [1.165, 1.54) is 0 Å². The third-order valence-electron chi connectivity index (χ3n) is 4.01. The summed E-state index contributed by atoms with van der Waals surface area (Å²) in [6.07, 6.45) is 7.07. The lowest BCUT2D eigenvalue weighted by Crippen LogP contribution is -2.34. The number of methoxy groups -OCH3 is 1. The molecule has 2 heterocycles. The van der Waals surface area contributed by atoms with Crippen molar-refractivity contribution in [1.82, 2.24) is 4.98 Å². The highest BCUT2D eigenvalue weighted by molar-refractivity contribution is 6.04. The summed E-state index contributed by atoms with van der Waals surface area (Å²) in [6.45, 7) is 2.75. The monoisotopic (exact) mass is 308 g/mol. The maximum absolute atomic E-state index is 12.6. The van der Waals surface area contributed by atoms with Gasteiger partial charge in [0.1, 0.15) is 5.75 Å². The number of anilines is 1. The molecule has 0 saturated carbocycles. The molecule has 0 fully saturated rings. The van der Waals surface area contributed by atoms with E-state index in [9.17, 15) is 4.79 Å². The van der Waals surface area contributed by atoms with E-state index in [2.05, 4.69) is 4.98 Å². The van der Waals surface area contributed by atoms with Crippen molar-refractivity contribution in [1.29, 1.82) is 0 Å². The Hall–Kier alpha value is -2.62. The van der Waals surface area contributed by atoms with Crippen molar-refractivity contribution in [2.75, 3.05) is 18.6 Å². The maximum atomic E-state index is 12.6. The fourth-order valence-electron chi connectivity index (χ4n) is 2.86. The van der Waals surface area contributed by atoms with E-state index < -0.39 is 0 Å². The molecule has 2 aromatic rings. The third kappa shape index (κ3) is 3.26. The number of benzene rings is 1. The van der Waals surface area contributed by atoms with Crippen molar-refractivity contribution >= 4 is 17.7 Å². The molecule has 4 nitrogen and oxygen atoms in total. The van der Waals surface area contributed by atoms with Crippen LogP contribution in [0.25, 0.3) is 6.08 Å². The van der Waals surface area contributed by atoms with Gasteiger partial charge in [-0.15, -0.1) is 0 Å². The van der Waals surface area contributed by atoms with Crippen molar-refractivity contribution in [3.8, 4) is 5.75 Å². The summed E-state index contributed by atoms with van der Waals surface area (Å²) < 4.78 is 5.35. The number of hydrogen-bond donors (Lipinski definition) is 0. The Morgan fingerprint density at radius 2 is 2.22 bits per heavy atom. The van der Waals surface area contributed by atoms with Gasteiger partial charge in [0.05, 0.1) is 18.5 Å². The van der Waals surface area contributed by atoms with Gasteiger partial charge in [0, 0.05) is 24.4 Å². The van der Waals surface area contributed by atoms with Crippen molar-refractivity contribution in [2.45, 2.75) is 19.8 Å². The quantitative estimate of drug-likeness (QED) is 0.816. The molecule has 0 atom stereocenters. The number of carbonyl (C=O) groups excluding carboxylic acids is 1. The van der Waals surface area contributed by atoms with E-state index in [0.29, 0.717) is 0 Å². The van der Waals surface area contributed by atoms with Crippen molar-refractivity contribution in [3.63, 3.8) is 0 Å². The Balaban J connectivity index is 1.84. The third-order valence-corrected chi connectivity index (χ3v) is 4.01. The summed E-state index contributed by atoms with van der Waals surface area (Å²) >= 11 is 0. The Morgan fingerprint density at radius 3 is 3.04 bits per heavy atom. The summed E-state index contributed by atoms with van der Waals surface area (Å²) in [5.41, 5.74) is 3.95. The first-order valence-electron chi connectivity index (χ1n) is 7.77. The van der Waals surface area contributed by atoms with Crippen LogP contribution in [0.15, 0.2) is 42.6 Å². The van der Waals surface area contributed by atoms with Crippen LogP contribution in [0.5, 0.6) is 5.75 Å². The van der Waals surface area contributed by atoms with Gasteiger partial charge in [-0.2, -0.15) is 0 Å². The highest BCUT2D eigenvalue weighted by Crippen LogP contribution is 2.26. The van der Waals surface area contributed by atoms with Crippen molar-refractivity contribution in [3.05, 3.63) is 59.4 Å². The van der Waals surface area contributed by atoms with Gasteiger partial charge >= 0.3 is 0 Å². The highest BCUT2D eigenvalue weighted by Gasteiger charge is 2.21. The molecule has 0 spiro atoms. The van der Waals surface area contributed by atoms with Gasteiger partial charge in [0.15, 0.2) is 0 Å². The zero-order chi connectivity index (χ0) is 16.2. The first-order valence-corrected chi connectivity index (χ1v) is 7.77. The fourth-order valence-corrected chi connectivity index (χ4v) is 2.86. The molecule has 0 radical (unpaired) electrons. The predicted octanol–water partition coefficient (Wildman–Crippen LogP) is 3.39. The van der Waals surface area contributed by atoms with E-state index >= 15 is 0 Å². The second-order valence-electron chi connectivity index (χ2n) is 5.64. The zero-order valence-electron chi connectivity index (χ0n) is 13.5. The molecule has 1 amide bonds. The molecule has 4 heteroatoms. The van der Waals surface area contributed by atoms with Crippen LogP contribution in [0.1, 0.15) is 23.2 Å². The van der Waals surface area contributed by atoms with Crippen LogP contribution in [-0.4, -0.2) is 24.5 Å². The van der Waals surface area contributed by atoms with Crippen molar-refractivity contribution < 1.29 is 9.53 Å². The Morgan fingerprint density at radius 1 is 1.35 bits per heavy atom. The molecule has 1 aromatic heterocycles. The van der Waals surface area contributed by atoms with Crippen LogP contribution < -0.4 is 9.64 Å². The molecule has 3 rings (SSSR count). The number of carbonyl (C=O) groups is 1. The fraction of sp³-hybridized carbons (Fsp3) is 0.263. The number of aryl methyl sites for hydroxylation is 2. The van der Waals surface area contributed by atoms with Crippen LogP contribution >= 0.6 is 0 Å². The molecular weight excluding hydrogens is 288 g/mol. The molecular formula is C19H20N2O2. The lowest BCUT2D eigenvalue weighted by Gasteiger charge is -2.27. The van der Waals surface area contributed by atoms with Crippen LogP contribution in [0.2, 0.25) is 0 Å². The molecule has 0 aliphatic carbocycles. The molecule has 0 bridgehead atoms. The molecule has 0 unspecified atom stereocenters. The predicted molar refractivity (Wildman–Crippen MR) is 91.7 cm³/mol. The number of ether oxygens (including phenoxy) is 1. The second-order valence-corrected chi connectivity index (χ2v) is 5.64. The first kappa shape index (κ1) is 15.3. The largest absolute Gasteiger partial charge is 0.496 e. The lowest BCUT2D eigenvalue weighted by atomic mass is 10.1. The molecule has 1 aliphatic rings. The van der Waals surface area contributed by atoms with Gasteiger partial charge in [-0.1, -0.05) is 11.6 Å². The molecule has 1 aliphatic heterocycles. The summed E-state index contributed by atoms with van der Waals surface area (Å²) in [7, 11) is 1.64. The number of amides is 1. The van der Waals surface area contributed by atoms with Gasteiger partial charge in [-0.3, -0.25) is 9.78 Å². The molecule has 0 N–H and O–H groups in total. The number of fused-ring (bicyclic) bond motifs is 1. The minimum absolute atomic E-state index is 0.0255. The lowest BCUT2D eigenvalue weighted by molar-refractivity contribution is -0.114. The van der Waals surface area contributed by atoms with Crippen molar-refractivity contribution in [2.24, 2.45) is 0 Å². The van der Waals surface area contributed by atoms with E-state index in [1.807, 2.05) is 43.3 Å². The minimum atomic E-state index is -0.0255. The summed E-state index contributed by atoms with van der Waals surface area (Å²) in [6, 6.07) is 9.75. The van der Waals surface area contributed by atoms with Gasteiger partial charge in [0.2, 0.25) is 0 Å². The maximum Gasteiger partial charge on any atom is 0.251 e. The molecule has 0 saturated heterocycles. The van der Waals surface area contributed by atoms with Crippen LogP contribution in [-0.2, 0) is 11.2 Å². The molecule has 23 heavy (non-hydrogen) atoms. The number of rotatable bonds is 3. The second kappa shape index (κ2) is 6.65. The summed E-state index contributed by atoms with van der Waals surface area (Å²) in [4.78, 5) is 18.8. The topological polar surface area (TPSA) is 42.4 Å². The van der Waals surface area contributed by atoms with Gasteiger partial charge in [-0.05, 0) is 50.1 Å². The number of aromatic nitrogens is 1. The average molecular weight is 308 g/mol. The van der Waals surface area contributed by atoms with Gasteiger partial charge in [-0.25, -0.2) is 0 Å². The van der Waals surface area contributed by atoms with E-state index in [-0.39, 0.29) is 5.91 Å². The Kier molecular flexibility index (Phi) is 4.42. The van der Waals surface area contributed by atoms with Crippen LogP contribution in [0.3, 0.4) is 0 Å². The van der Waals surface area contributed by atoms with E-state index in [1.54, 1.807) is 24.3 Å². The van der Waals surface area contributed by atoms with Gasteiger partial charge < -0.3 is 9.64 Å². The number of hydrogen-bond acceptors (Lipinski definition) is 3. The standard InChI is InChI=1S/C19H20N2O2/c1-14-7-9-18(23-2)15(13-14)8-10-19(22)21-12-4-5-16-17(21)6-3-11-20-16/h3,6-11,13H,4-5,12H2,1-2H3/b10-8+. The number of pyridine rings is 1. The SMILES string of the molecule is COc1ccc(C)cc1/C=C/C(=O)N1CCCc2ncccc21. The van der Waals surface area contributed by atoms with Crippen LogP contribution in [0.4, 0.5) is 5.69 Å². The summed E-state index contributed by atoms with van der Waals surface area (Å²) in [5, 5.41) is 0. The highest BCUT2D eigenvalue weighted by atomic mass is 16.5. The molecule has 118 valence electrons. The minimum Gasteiger partial charge on any atom is -0.496 e. The Bertz CT molecular complexity index is 753. The smallest absolute Gasteiger partial charge is 0.251 e. The van der Waals surface area contributed by atoms with E-state index in [4.69, 9.17) is 4.74 Å². The van der Waals surface area contributed by atoms with Gasteiger partial charge in [0.25, 0.3) is 5.91 Å². The normalized spacial score (nSPS) is 13.9. The molecule has 1 aromatic carbocycles. The summed E-state index contributed by atoms with van der Waals surface area (Å²) in [5.74, 6) is 0.739. The average Bonchev–Trinajstić information content (AvgIpc) is 2.59. The first-order chi connectivity index (χ1) is 11.2. The Labute approximate surface area is 136 Å². The van der Waals surface area contributed by atoms with Crippen LogP contribution in [0, 0.1) is 6.92 Å². The zero-order valence-corrected chi connectivity index (χ0v) is 13.5.